The Kier molecular flexibility index (Phi) is 4.54. The summed E-state index contributed by atoms with van der Waals surface area (Å²) in [5, 5.41) is 10.8. The summed E-state index contributed by atoms with van der Waals surface area (Å²) in [6.07, 6.45) is 5.96. The number of fused-ring (bicyclic) bond motifs is 1. The zero-order valence-electron chi connectivity index (χ0n) is 15.3. The Bertz CT molecular complexity index is 1070. The molecule has 9 heteroatoms. The molecule has 0 N–H and O–H groups in total. The Labute approximate surface area is 171 Å². The minimum atomic E-state index is 0.0916. The van der Waals surface area contributed by atoms with E-state index in [-0.39, 0.29) is 6.10 Å². The number of imidazole rings is 1. The van der Waals surface area contributed by atoms with Gasteiger partial charge in [-0.15, -0.1) is 5.10 Å². The zero-order chi connectivity index (χ0) is 19.1. The molecule has 1 atom stereocenters. The quantitative estimate of drug-likeness (QED) is 0.511. The van der Waals surface area contributed by atoms with Crippen LogP contribution in [0.15, 0.2) is 42.9 Å². The predicted molar refractivity (Wildman–Crippen MR) is 110 cm³/mol. The number of nitrogens with zero attached hydrogens (tertiary/aromatic N) is 6. The van der Waals surface area contributed by atoms with Crippen molar-refractivity contribution in [3.8, 4) is 11.3 Å². The fourth-order valence-electron chi connectivity index (χ4n) is 3.36. The van der Waals surface area contributed by atoms with Crippen LogP contribution in [0.1, 0.15) is 5.56 Å². The molecule has 1 aliphatic heterocycles. The van der Waals surface area contributed by atoms with Crippen molar-refractivity contribution >= 4 is 33.0 Å². The average molecular weight is 415 g/mol. The number of morpholine rings is 1. The smallest absolute Gasteiger partial charge is 0.214 e. The van der Waals surface area contributed by atoms with Crippen molar-refractivity contribution < 1.29 is 4.74 Å². The van der Waals surface area contributed by atoms with Crippen LogP contribution in [0, 0.1) is 6.92 Å². The van der Waals surface area contributed by atoms with E-state index in [0.717, 1.165) is 51.6 Å². The molecule has 0 amide bonds. The van der Waals surface area contributed by atoms with Crippen molar-refractivity contribution in [3.05, 3.63) is 53.4 Å². The first kappa shape index (κ1) is 17.7. The standard InChI is InChI=1S/C19H19ClN6OS/c1-13-8-21-25(9-13)11-16-10-24(6-7-27-16)19-23-26-12-17(22-18(26)28-19)14-2-4-15(20)5-3-14/h2-5,8-9,12,16H,6-7,10-11H2,1H3. The minimum absolute atomic E-state index is 0.0916. The first-order valence-electron chi connectivity index (χ1n) is 9.12. The van der Waals surface area contributed by atoms with Crippen LogP contribution < -0.4 is 4.90 Å². The molecule has 1 aromatic carbocycles. The van der Waals surface area contributed by atoms with Crippen LogP contribution in [0.2, 0.25) is 5.02 Å². The summed E-state index contributed by atoms with van der Waals surface area (Å²) < 4.78 is 9.72. The summed E-state index contributed by atoms with van der Waals surface area (Å²) >= 11 is 7.57. The lowest BCUT2D eigenvalue weighted by molar-refractivity contribution is 0.0273. The van der Waals surface area contributed by atoms with Crippen LogP contribution in [0.3, 0.4) is 0 Å². The van der Waals surface area contributed by atoms with Gasteiger partial charge in [0, 0.05) is 29.9 Å². The number of hydrogen-bond acceptors (Lipinski definition) is 6. The van der Waals surface area contributed by atoms with E-state index >= 15 is 0 Å². The van der Waals surface area contributed by atoms with Crippen molar-refractivity contribution in [1.82, 2.24) is 24.4 Å². The average Bonchev–Trinajstić information content (AvgIpc) is 3.37. The Morgan fingerprint density at radius 1 is 1.25 bits per heavy atom. The molecular formula is C19H19ClN6OS. The second-order valence-corrected chi connectivity index (χ2v) is 8.29. The minimum Gasteiger partial charge on any atom is -0.373 e. The number of aryl methyl sites for hydroxylation is 1. The van der Waals surface area contributed by atoms with E-state index in [9.17, 15) is 0 Å². The van der Waals surface area contributed by atoms with Gasteiger partial charge >= 0.3 is 0 Å². The van der Waals surface area contributed by atoms with Crippen LogP contribution in [0.4, 0.5) is 5.13 Å². The highest BCUT2D eigenvalue weighted by Gasteiger charge is 2.24. The molecule has 1 aliphatic rings. The number of anilines is 1. The van der Waals surface area contributed by atoms with Crippen LogP contribution in [-0.4, -0.2) is 50.2 Å². The molecule has 0 saturated carbocycles. The van der Waals surface area contributed by atoms with Gasteiger partial charge in [-0.2, -0.15) is 5.10 Å². The van der Waals surface area contributed by atoms with E-state index < -0.39 is 0 Å². The third-order valence-corrected chi connectivity index (χ3v) is 5.97. The molecule has 1 unspecified atom stereocenters. The van der Waals surface area contributed by atoms with Crippen molar-refractivity contribution in [3.63, 3.8) is 0 Å². The molecule has 0 spiro atoms. The molecule has 4 aromatic rings. The highest BCUT2D eigenvalue weighted by atomic mass is 35.5. The number of halogens is 1. The third-order valence-electron chi connectivity index (χ3n) is 4.73. The van der Waals surface area contributed by atoms with E-state index in [2.05, 4.69) is 10.00 Å². The molecule has 1 saturated heterocycles. The van der Waals surface area contributed by atoms with Crippen molar-refractivity contribution in [2.75, 3.05) is 24.6 Å². The molecule has 1 fully saturated rings. The predicted octanol–water partition coefficient (Wildman–Crippen LogP) is 3.52. The largest absolute Gasteiger partial charge is 0.373 e. The molecule has 0 bridgehead atoms. The van der Waals surface area contributed by atoms with E-state index in [0.29, 0.717) is 6.61 Å². The van der Waals surface area contributed by atoms with E-state index in [1.54, 1.807) is 11.3 Å². The van der Waals surface area contributed by atoms with Gasteiger partial charge in [0.05, 0.1) is 37.3 Å². The summed E-state index contributed by atoms with van der Waals surface area (Å²) in [7, 11) is 0. The SMILES string of the molecule is Cc1cnn(CC2CN(c3nn4cc(-c5ccc(Cl)cc5)nc4s3)CCO2)c1. The summed E-state index contributed by atoms with van der Waals surface area (Å²) in [5.74, 6) is 0. The monoisotopic (exact) mass is 414 g/mol. The van der Waals surface area contributed by atoms with Gasteiger partial charge < -0.3 is 9.64 Å². The van der Waals surface area contributed by atoms with Gasteiger partial charge in [0.25, 0.3) is 0 Å². The van der Waals surface area contributed by atoms with Gasteiger partial charge in [-0.3, -0.25) is 4.68 Å². The van der Waals surface area contributed by atoms with Crippen LogP contribution >= 0.6 is 22.9 Å². The maximum atomic E-state index is 5.97. The zero-order valence-corrected chi connectivity index (χ0v) is 16.9. The van der Waals surface area contributed by atoms with Crippen molar-refractivity contribution in [2.24, 2.45) is 0 Å². The number of ether oxygens (including phenoxy) is 1. The molecular weight excluding hydrogens is 396 g/mol. The van der Waals surface area contributed by atoms with Gasteiger partial charge in [0.15, 0.2) is 0 Å². The first-order valence-corrected chi connectivity index (χ1v) is 10.3. The van der Waals surface area contributed by atoms with Crippen molar-refractivity contribution in [2.45, 2.75) is 19.6 Å². The van der Waals surface area contributed by atoms with Gasteiger partial charge in [0.1, 0.15) is 0 Å². The van der Waals surface area contributed by atoms with Gasteiger partial charge in [-0.1, -0.05) is 35.1 Å². The maximum absolute atomic E-state index is 5.97. The van der Waals surface area contributed by atoms with Crippen molar-refractivity contribution in [1.29, 1.82) is 0 Å². The molecule has 144 valence electrons. The molecule has 5 rings (SSSR count). The Morgan fingerprint density at radius 2 is 2.11 bits per heavy atom. The number of rotatable bonds is 4. The summed E-state index contributed by atoms with van der Waals surface area (Å²) in [6, 6.07) is 7.69. The molecule has 0 aliphatic carbocycles. The number of benzene rings is 1. The first-order chi connectivity index (χ1) is 13.6. The van der Waals surface area contributed by atoms with Crippen LogP contribution in [-0.2, 0) is 11.3 Å². The second-order valence-electron chi connectivity index (χ2n) is 6.92. The Morgan fingerprint density at radius 3 is 2.86 bits per heavy atom. The number of aromatic nitrogens is 5. The normalized spacial score (nSPS) is 17.5. The second kappa shape index (κ2) is 7.20. The fraction of sp³-hybridized carbons (Fsp3) is 0.316. The lowest BCUT2D eigenvalue weighted by Gasteiger charge is -2.32. The Balaban J connectivity index is 1.32. The van der Waals surface area contributed by atoms with E-state index in [1.807, 2.05) is 59.0 Å². The summed E-state index contributed by atoms with van der Waals surface area (Å²) in [4.78, 5) is 7.87. The number of hydrogen-bond donors (Lipinski definition) is 0. The third kappa shape index (κ3) is 3.50. The van der Waals surface area contributed by atoms with Gasteiger partial charge in [-0.05, 0) is 24.6 Å². The maximum Gasteiger partial charge on any atom is 0.214 e. The molecule has 0 radical (unpaired) electrons. The highest BCUT2D eigenvalue weighted by molar-refractivity contribution is 7.20. The van der Waals surface area contributed by atoms with Crippen LogP contribution in [0.5, 0.6) is 0 Å². The van der Waals surface area contributed by atoms with Gasteiger partial charge in [0.2, 0.25) is 10.1 Å². The summed E-state index contributed by atoms with van der Waals surface area (Å²) in [6.45, 7) is 5.09. The van der Waals surface area contributed by atoms with Gasteiger partial charge in [-0.25, -0.2) is 9.50 Å². The topological polar surface area (TPSA) is 60.5 Å². The highest BCUT2D eigenvalue weighted by Crippen LogP contribution is 2.28. The molecule has 7 nitrogen and oxygen atoms in total. The van der Waals surface area contributed by atoms with E-state index in [1.165, 1.54) is 0 Å². The molecule has 3 aromatic heterocycles. The lowest BCUT2D eigenvalue weighted by Crippen LogP contribution is -2.44. The Hall–Kier alpha value is -2.42. The van der Waals surface area contributed by atoms with E-state index in [4.69, 9.17) is 26.4 Å². The van der Waals surface area contributed by atoms with Crippen LogP contribution in [0.25, 0.3) is 16.2 Å². The molecule has 28 heavy (non-hydrogen) atoms. The molecule has 4 heterocycles. The lowest BCUT2D eigenvalue weighted by atomic mass is 10.2. The fourth-order valence-corrected chi connectivity index (χ4v) is 4.40. The summed E-state index contributed by atoms with van der Waals surface area (Å²) in [5.41, 5.74) is 3.09.